The Hall–Kier alpha value is -0.570. The fraction of sp³-hybridized carbons (Fsp3) is 0.455. The van der Waals surface area contributed by atoms with Crippen molar-refractivity contribution < 1.29 is 21.9 Å². The third-order valence-corrected chi connectivity index (χ3v) is 5.54. The van der Waals surface area contributed by atoms with E-state index in [0.717, 1.165) is 12.1 Å². The summed E-state index contributed by atoms with van der Waals surface area (Å²) in [4.78, 5) is -0.251. The Balaban J connectivity index is 2.37. The quantitative estimate of drug-likeness (QED) is 0.776. The summed E-state index contributed by atoms with van der Waals surface area (Å²) in [5, 5.41) is 0.413. The first-order valence-corrected chi connectivity index (χ1v) is 8.13. The van der Waals surface area contributed by atoms with Gasteiger partial charge in [-0.15, -0.1) is 0 Å². The van der Waals surface area contributed by atoms with Gasteiger partial charge in [-0.2, -0.15) is 4.31 Å². The van der Waals surface area contributed by atoms with Crippen molar-refractivity contribution in [3.8, 4) is 0 Å². The molecule has 1 atom stereocenters. The number of benzene rings is 1. The number of hydrogen-bond acceptors (Lipinski definition) is 3. The molecular weight excluding hydrogens is 344 g/mol. The maximum atomic E-state index is 13.2. The number of morpholine rings is 1. The molecule has 0 spiro atoms. The van der Waals surface area contributed by atoms with Crippen molar-refractivity contribution in [1.82, 2.24) is 4.31 Å². The zero-order valence-corrected chi connectivity index (χ0v) is 12.3. The Bertz CT molecular complexity index is 567. The van der Waals surface area contributed by atoms with E-state index in [-0.39, 0.29) is 30.7 Å². The summed E-state index contributed by atoms with van der Waals surface area (Å²) in [6, 6.07) is 2.22. The number of rotatable bonds is 3. The van der Waals surface area contributed by atoms with Gasteiger partial charge in [-0.05, 0) is 18.2 Å². The molecule has 0 aromatic heterocycles. The summed E-state index contributed by atoms with van der Waals surface area (Å²) < 4.78 is 57.2. The zero-order valence-electron chi connectivity index (χ0n) is 9.85. The summed E-state index contributed by atoms with van der Waals surface area (Å²) in [7, 11) is -3.85. The lowest BCUT2D eigenvalue weighted by Crippen LogP contribution is -2.49. The first-order chi connectivity index (χ1) is 8.96. The van der Waals surface area contributed by atoms with E-state index >= 15 is 0 Å². The van der Waals surface area contributed by atoms with Crippen molar-refractivity contribution in [3.05, 3.63) is 29.8 Å². The van der Waals surface area contributed by atoms with Crippen LogP contribution in [0.5, 0.6) is 0 Å². The average molecular weight is 356 g/mol. The Morgan fingerprint density at radius 3 is 2.74 bits per heavy atom. The molecule has 0 aliphatic carbocycles. The molecule has 4 nitrogen and oxygen atoms in total. The SMILES string of the molecule is O=S(=O)(c1ccc(F)c(F)c1)N1CCOCC1CBr. The molecule has 1 aliphatic rings. The minimum absolute atomic E-state index is 0.192. The van der Waals surface area contributed by atoms with Crippen LogP contribution in [-0.2, 0) is 14.8 Å². The van der Waals surface area contributed by atoms with E-state index in [4.69, 9.17) is 4.74 Å². The topological polar surface area (TPSA) is 46.6 Å². The van der Waals surface area contributed by atoms with Crippen LogP contribution >= 0.6 is 15.9 Å². The van der Waals surface area contributed by atoms with E-state index in [1.165, 1.54) is 4.31 Å². The van der Waals surface area contributed by atoms with Gasteiger partial charge < -0.3 is 4.74 Å². The largest absolute Gasteiger partial charge is 0.378 e. The molecule has 19 heavy (non-hydrogen) atoms. The highest BCUT2D eigenvalue weighted by atomic mass is 79.9. The van der Waals surface area contributed by atoms with Gasteiger partial charge in [0.25, 0.3) is 0 Å². The van der Waals surface area contributed by atoms with E-state index in [9.17, 15) is 17.2 Å². The van der Waals surface area contributed by atoms with Crippen LogP contribution in [-0.4, -0.2) is 43.9 Å². The zero-order chi connectivity index (χ0) is 14.0. The molecule has 2 rings (SSSR count). The fourth-order valence-corrected chi connectivity index (χ4v) is 4.18. The van der Waals surface area contributed by atoms with Gasteiger partial charge in [0.1, 0.15) is 0 Å². The Morgan fingerprint density at radius 2 is 2.11 bits per heavy atom. The van der Waals surface area contributed by atoms with Crippen molar-refractivity contribution in [2.75, 3.05) is 25.1 Å². The monoisotopic (exact) mass is 355 g/mol. The lowest BCUT2D eigenvalue weighted by molar-refractivity contribution is 0.0413. The standard InChI is InChI=1S/C11H12BrF2NO3S/c12-6-8-7-18-4-3-15(8)19(16,17)9-1-2-10(13)11(14)5-9/h1-2,5,8H,3-4,6-7H2. The van der Waals surface area contributed by atoms with E-state index in [1.807, 2.05) is 0 Å². The van der Waals surface area contributed by atoms with Gasteiger partial charge in [-0.1, -0.05) is 15.9 Å². The lowest BCUT2D eigenvalue weighted by atomic mass is 10.3. The number of sulfonamides is 1. The molecule has 1 aliphatic heterocycles. The summed E-state index contributed by atoms with van der Waals surface area (Å²) in [6.45, 7) is 0.748. The highest BCUT2D eigenvalue weighted by Gasteiger charge is 2.33. The number of nitrogens with zero attached hydrogens (tertiary/aromatic N) is 1. The fourth-order valence-electron chi connectivity index (χ4n) is 1.85. The summed E-state index contributed by atoms with van der Waals surface area (Å²) >= 11 is 3.22. The molecular formula is C11H12BrF2NO3S. The maximum Gasteiger partial charge on any atom is 0.243 e. The Kier molecular flexibility index (Phi) is 4.54. The highest BCUT2D eigenvalue weighted by molar-refractivity contribution is 9.09. The lowest BCUT2D eigenvalue weighted by Gasteiger charge is -2.33. The van der Waals surface area contributed by atoms with Crippen LogP contribution in [0, 0.1) is 11.6 Å². The van der Waals surface area contributed by atoms with Crippen molar-refractivity contribution in [2.24, 2.45) is 0 Å². The molecule has 1 heterocycles. The number of alkyl halides is 1. The third-order valence-electron chi connectivity index (χ3n) is 2.85. The van der Waals surface area contributed by atoms with E-state index in [0.29, 0.717) is 11.4 Å². The van der Waals surface area contributed by atoms with Crippen LogP contribution in [0.2, 0.25) is 0 Å². The van der Waals surface area contributed by atoms with Gasteiger partial charge in [-0.25, -0.2) is 17.2 Å². The second kappa shape index (κ2) is 5.82. The molecule has 1 saturated heterocycles. The third kappa shape index (κ3) is 2.96. The minimum atomic E-state index is -3.85. The first kappa shape index (κ1) is 14.8. The Labute approximate surface area is 118 Å². The molecule has 1 aromatic rings. The van der Waals surface area contributed by atoms with E-state index in [2.05, 4.69) is 15.9 Å². The second-order valence-electron chi connectivity index (χ2n) is 4.07. The number of hydrogen-bond donors (Lipinski definition) is 0. The Morgan fingerprint density at radius 1 is 1.37 bits per heavy atom. The molecule has 0 bridgehead atoms. The molecule has 1 fully saturated rings. The van der Waals surface area contributed by atoms with Gasteiger partial charge in [0.2, 0.25) is 10.0 Å². The number of ether oxygens (including phenoxy) is 1. The number of halogens is 3. The van der Waals surface area contributed by atoms with Crippen molar-refractivity contribution in [3.63, 3.8) is 0 Å². The summed E-state index contributed by atoms with van der Waals surface area (Å²) in [6.07, 6.45) is 0. The molecule has 0 saturated carbocycles. The summed E-state index contributed by atoms with van der Waals surface area (Å²) in [5.41, 5.74) is 0. The molecule has 0 amide bonds. The van der Waals surface area contributed by atoms with E-state index in [1.54, 1.807) is 0 Å². The summed E-state index contributed by atoms with van der Waals surface area (Å²) in [5.74, 6) is -2.25. The van der Waals surface area contributed by atoms with Crippen molar-refractivity contribution in [2.45, 2.75) is 10.9 Å². The van der Waals surface area contributed by atoms with Gasteiger partial charge in [0.05, 0.1) is 24.2 Å². The molecule has 106 valence electrons. The average Bonchev–Trinajstić information content (AvgIpc) is 2.41. The predicted octanol–water partition coefficient (Wildman–Crippen LogP) is 1.75. The molecule has 0 N–H and O–H groups in total. The smallest absolute Gasteiger partial charge is 0.243 e. The highest BCUT2D eigenvalue weighted by Crippen LogP contribution is 2.23. The molecule has 1 unspecified atom stereocenters. The normalized spacial score (nSPS) is 21.5. The minimum Gasteiger partial charge on any atom is -0.378 e. The first-order valence-electron chi connectivity index (χ1n) is 5.57. The van der Waals surface area contributed by atoms with Crippen LogP contribution < -0.4 is 0 Å². The van der Waals surface area contributed by atoms with Crippen LogP contribution in [0.15, 0.2) is 23.1 Å². The van der Waals surface area contributed by atoms with Gasteiger partial charge in [0.15, 0.2) is 11.6 Å². The van der Waals surface area contributed by atoms with Crippen LogP contribution in [0.1, 0.15) is 0 Å². The van der Waals surface area contributed by atoms with Gasteiger partial charge >= 0.3 is 0 Å². The van der Waals surface area contributed by atoms with Crippen LogP contribution in [0.3, 0.4) is 0 Å². The predicted molar refractivity (Wildman–Crippen MR) is 68.7 cm³/mol. The second-order valence-corrected chi connectivity index (χ2v) is 6.61. The van der Waals surface area contributed by atoms with Crippen LogP contribution in [0.4, 0.5) is 8.78 Å². The van der Waals surface area contributed by atoms with Crippen molar-refractivity contribution >= 4 is 26.0 Å². The van der Waals surface area contributed by atoms with Crippen molar-refractivity contribution in [1.29, 1.82) is 0 Å². The maximum absolute atomic E-state index is 13.2. The molecule has 1 aromatic carbocycles. The molecule has 8 heteroatoms. The van der Waals surface area contributed by atoms with E-state index < -0.39 is 21.7 Å². The van der Waals surface area contributed by atoms with Gasteiger partial charge in [-0.3, -0.25) is 0 Å². The molecule has 0 radical (unpaired) electrons. The van der Waals surface area contributed by atoms with Crippen LogP contribution in [0.25, 0.3) is 0 Å². The van der Waals surface area contributed by atoms with Gasteiger partial charge in [0, 0.05) is 11.9 Å².